The molecule has 0 aromatic heterocycles. The Kier molecular flexibility index (Phi) is 3.52. The van der Waals surface area contributed by atoms with Crippen molar-refractivity contribution in [2.75, 3.05) is 11.5 Å². The molecule has 0 saturated carbocycles. The fraction of sp³-hybridized carbons (Fsp3) is 0.375. The molecule has 2 unspecified atom stereocenters. The smallest absolute Gasteiger partial charge is 0.150 e. The minimum atomic E-state index is -2.82. The van der Waals surface area contributed by atoms with Gasteiger partial charge in [-0.05, 0) is 35.1 Å². The van der Waals surface area contributed by atoms with E-state index in [4.69, 9.17) is 5.73 Å². The van der Waals surface area contributed by atoms with Crippen molar-refractivity contribution in [1.82, 2.24) is 0 Å². The van der Waals surface area contributed by atoms with Gasteiger partial charge in [-0.15, -0.1) is 0 Å². The van der Waals surface area contributed by atoms with E-state index >= 15 is 0 Å². The number of rotatable bonds is 3. The van der Waals surface area contributed by atoms with Gasteiger partial charge >= 0.3 is 0 Å². The second-order valence-corrected chi connectivity index (χ2v) is 7.91. The molecule has 0 spiro atoms. The zero-order valence-electron chi connectivity index (χ0n) is 11.3. The van der Waals surface area contributed by atoms with Crippen LogP contribution in [0, 0.1) is 5.92 Å². The molecule has 2 N–H and O–H groups in total. The van der Waals surface area contributed by atoms with Gasteiger partial charge in [-0.1, -0.05) is 42.5 Å². The van der Waals surface area contributed by atoms with Crippen LogP contribution in [0.4, 0.5) is 0 Å². The molecule has 0 radical (unpaired) electrons. The van der Waals surface area contributed by atoms with Gasteiger partial charge in [-0.2, -0.15) is 0 Å². The van der Waals surface area contributed by atoms with E-state index < -0.39 is 9.84 Å². The maximum atomic E-state index is 11.5. The Morgan fingerprint density at radius 2 is 1.90 bits per heavy atom. The van der Waals surface area contributed by atoms with Crippen molar-refractivity contribution in [2.45, 2.75) is 18.9 Å². The maximum Gasteiger partial charge on any atom is 0.150 e. The van der Waals surface area contributed by atoms with Crippen LogP contribution in [-0.2, 0) is 9.84 Å². The first-order valence-electron chi connectivity index (χ1n) is 6.99. The standard InChI is InChI=1S/C16H19NO2S/c17-16(10-12-8-9-20(18,19)11-12)15-7-3-5-13-4-1-2-6-14(13)15/h1-7,12,16H,8-11,17H2. The summed E-state index contributed by atoms with van der Waals surface area (Å²) in [5.74, 6) is 0.819. The number of nitrogens with two attached hydrogens (primary N) is 1. The van der Waals surface area contributed by atoms with Crippen molar-refractivity contribution < 1.29 is 8.42 Å². The van der Waals surface area contributed by atoms with Crippen molar-refractivity contribution in [2.24, 2.45) is 11.7 Å². The summed E-state index contributed by atoms with van der Waals surface area (Å²) in [6, 6.07) is 14.2. The molecule has 2 atom stereocenters. The lowest BCUT2D eigenvalue weighted by Crippen LogP contribution is -2.16. The van der Waals surface area contributed by atoms with E-state index in [-0.39, 0.29) is 12.0 Å². The summed E-state index contributed by atoms with van der Waals surface area (Å²) in [6.45, 7) is 0. The summed E-state index contributed by atoms with van der Waals surface area (Å²) < 4.78 is 23.1. The fourth-order valence-corrected chi connectivity index (χ4v) is 5.00. The first-order valence-corrected chi connectivity index (χ1v) is 8.81. The van der Waals surface area contributed by atoms with Crippen LogP contribution in [-0.4, -0.2) is 19.9 Å². The van der Waals surface area contributed by atoms with Crippen LogP contribution < -0.4 is 5.73 Å². The zero-order chi connectivity index (χ0) is 14.2. The Bertz CT molecular complexity index is 719. The summed E-state index contributed by atoms with van der Waals surface area (Å²) in [5, 5.41) is 2.35. The summed E-state index contributed by atoms with van der Waals surface area (Å²) >= 11 is 0. The first kappa shape index (κ1) is 13.6. The molecule has 1 aliphatic rings. The van der Waals surface area contributed by atoms with Crippen LogP contribution in [0.1, 0.15) is 24.4 Å². The first-order chi connectivity index (χ1) is 9.55. The molecule has 1 fully saturated rings. The molecule has 2 aromatic rings. The Balaban J connectivity index is 1.84. The van der Waals surface area contributed by atoms with Crippen LogP contribution in [0.25, 0.3) is 10.8 Å². The minimum absolute atomic E-state index is 0.0978. The average molecular weight is 289 g/mol. The molecule has 1 aliphatic heterocycles. The zero-order valence-corrected chi connectivity index (χ0v) is 12.1. The van der Waals surface area contributed by atoms with E-state index in [9.17, 15) is 8.42 Å². The number of benzene rings is 2. The highest BCUT2D eigenvalue weighted by Gasteiger charge is 2.29. The summed E-state index contributed by atoms with van der Waals surface area (Å²) in [7, 11) is -2.82. The number of sulfone groups is 1. The molecule has 20 heavy (non-hydrogen) atoms. The van der Waals surface area contributed by atoms with Crippen molar-refractivity contribution in [3.63, 3.8) is 0 Å². The van der Waals surface area contributed by atoms with Gasteiger partial charge in [0.05, 0.1) is 11.5 Å². The molecular weight excluding hydrogens is 270 g/mol. The van der Waals surface area contributed by atoms with Crippen molar-refractivity contribution in [3.8, 4) is 0 Å². The van der Waals surface area contributed by atoms with Crippen LogP contribution in [0.2, 0.25) is 0 Å². The maximum absolute atomic E-state index is 11.5. The molecule has 0 bridgehead atoms. The monoisotopic (exact) mass is 289 g/mol. The summed E-state index contributed by atoms with van der Waals surface area (Å²) in [5.41, 5.74) is 7.45. The van der Waals surface area contributed by atoms with Gasteiger partial charge in [-0.3, -0.25) is 0 Å². The predicted molar refractivity (Wildman–Crippen MR) is 82.3 cm³/mol. The predicted octanol–water partition coefficient (Wildman–Crippen LogP) is 2.66. The lowest BCUT2D eigenvalue weighted by Gasteiger charge is -2.18. The van der Waals surface area contributed by atoms with Crippen LogP contribution in [0.3, 0.4) is 0 Å². The molecule has 3 rings (SSSR count). The topological polar surface area (TPSA) is 60.2 Å². The Labute approximate surface area is 119 Å². The molecule has 4 heteroatoms. The molecule has 1 saturated heterocycles. The van der Waals surface area contributed by atoms with Gasteiger partial charge in [-0.25, -0.2) is 8.42 Å². The largest absolute Gasteiger partial charge is 0.324 e. The van der Waals surface area contributed by atoms with E-state index in [0.29, 0.717) is 11.5 Å². The second kappa shape index (κ2) is 5.19. The van der Waals surface area contributed by atoms with Crippen LogP contribution >= 0.6 is 0 Å². The molecule has 1 heterocycles. The fourth-order valence-electron chi connectivity index (χ4n) is 3.12. The van der Waals surface area contributed by atoms with E-state index in [1.807, 2.05) is 18.2 Å². The molecule has 2 aromatic carbocycles. The average Bonchev–Trinajstić information content (AvgIpc) is 2.77. The molecule has 0 aliphatic carbocycles. The molecule has 106 valence electrons. The highest BCUT2D eigenvalue weighted by Crippen LogP contribution is 2.30. The van der Waals surface area contributed by atoms with Crippen molar-refractivity contribution in [1.29, 1.82) is 0 Å². The van der Waals surface area contributed by atoms with E-state index in [0.717, 1.165) is 18.4 Å². The highest BCUT2D eigenvalue weighted by atomic mass is 32.2. The van der Waals surface area contributed by atoms with E-state index in [1.165, 1.54) is 10.8 Å². The highest BCUT2D eigenvalue weighted by molar-refractivity contribution is 7.91. The third kappa shape index (κ3) is 2.72. The second-order valence-electron chi connectivity index (χ2n) is 5.68. The van der Waals surface area contributed by atoms with Gasteiger partial charge in [0.25, 0.3) is 0 Å². The quantitative estimate of drug-likeness (QED) is 0.945. The molecular formula is C16H19NO2S. The van der Waals surface area contributed by atoms with Crippen LogP contribution in [0.15, 0.2) is 42.5 Å². The number of hydrogen-bond donors (Lipinski definition) is 1. The Hall–Kier alpha value is -1.39. The lowest BCUT2D eigenvalue weighted by molar-refractivity contribution is 0.483. The third-order valence-corrected chi connectivity index (χ3v) is 5.97. The summed E-state index contributed by atoms with van der Waals surface area (Å²) in [6.07, 6.45) is 1.49. The van der Waals surface area contributed by atoms with Gasteiger partial charge in [0.2, 0.25) is 0 Å². The van der Waals surface area contributed by atoms with Gasteiger partial charge in [0, 0.05) is 6.04 Å². The van der Waals surface area contributed by atoms with Crippen molar-refractivity contribution >= 4 is 20.6 Å². The van der Waals surface area contributed by atoms with E-state index in [1.54, 1.807) is 0 Å². The van der Waals surface area contributed by atoms with E-state index in [2.05, 4.69) is 24.3 Å². The van der Waals surface area contributed by atoms with Gasteiger partial charge in [0.1, 0.15) is 0 Å². The lowest BCUT2D eigenvalue weighted by atomic mass is 9.92. The minimum Gasteiger partial charge on any atom is -0.324 e. The van der Waals surface area contributed by atoms with Crippen LogP contribution in [0.5, 0.6) is 0 Å². The summed E-state index contributed by atoms with van der Waals surface area (Å²) in [4.78, 5) is 0. The number of hydrogen-bond acceptors (Lipinski definition) is 3. The Morgan fingerprint density at radius 3 is 2.65 bits per heavy atom. The van der Waals surface area contributed by atoms with Crippen molar-refractivity contribution in [3.05, 3.63) is 48.0 Å². The molecule has 3 nitrogen and oxygen atoms in total. The Morgan fingerprint density at radius 1 is 1.15 bits per heavy atom. The van der Waals surface area contributed by atoms with Gasteiger partial charge < -0.3 is 5.73 Å². The molecule has 0 amide bonds. The number of fused-ring (bicyclic) bond motifs is 1. The third-order valence-electron chi connectivity index (χ3n) is 4.14. The van der Waals surface area contributed by atoms with Gasteiger partial charge in [0.15, 0.2) is 9.84 Å². The SMILES string of the molecule is NC(CC1CCS(=O)(=O)C1)c1cccc2ccccc12. The normalized spacial score (nSPS) is 22.9.